The number of hydrogen-bond acceptors (Lipinski definition) is 7. The van der Waals surface area contributed by atoms with Crippen molar-refractivity contribution >= 4 is 59.1 Å². The van der Waals surface area contributed by atoms with Gasteiger partial charge in [0.15, 0.2) is 0 Å². The molecule has 0 aliphatic carbocycles. The Bertz CT molecular complexity index is 1040. The summed E-state index contributed by atoms with van der Waals surface area (Å²) < 4.78 is 2.11. The van der Waals surface area contributed by atoms with Crippen molar-refractivity contribution in [2.45, 2.75) is 21.3 Å². The standard InChI is InChI=1S/C24H24N4O2S3/c1-31-23-19(15-25-27-21(29)13-17-9-5-3-6-10-17)20(24(32-2)33-23)16-26-28-22(30)14-18-11-7-4-8-12-18/h3-12,15-16H,13-14H2,1-2H3,(H,27,29)(H,28,30). The minimum absolute atomic E-state index is 0.188. The van der Waals surface area contributed by atoms with E-state index in [0.717, 1.165) is 30.7 Å². The van der Waals surface area contributed by atoms with Crippen molar-refractivity contribution < 1.29 is 9.59 Å². The fourth-order valence-electron chi connectivity index (χ4n) is 2.94. The van der Waals surface area contributed by atoms with Crippen molar-refractivity contribution in [3.63, 3.8) is 0 Å². The zero-order chi connectivity index (χ0) is 23.5. The van der Waals surface area contributed by atoms with E-state index in [0.29, 0.717) is 0 Å². The van der Waals surface area contributed by atoms with Crippen LogP contribution >= 0.6 is 34.9 Å². The Kier molecular flexibility index (Phi) is 9.74. The van der Waals surface area contributed by atoms with Gasteiger partial charge in [0.05, 0.1) is 33.7 Å². The molecule has 0 unspecified atom stereocenters. The first-order valence-corrected chi connectivity index (χ1v) is 13.3. The van der Waals surface area contributed by atoms with Crippen molar-refractivity contribution in [3.8, 4) is 0 Å². The molecule has 0 bridgehead atoms. The molecule has 6 nitrogen and oxygen atoms in total. The molecule has 0 saturated carbocycles. The molecule has 0 aliphatic rings. The van der Waals surface area contributed by atoms with E-state index in [-0.39, 0.29) is 24.7 Å². The molecule has 0 fully saturated rings. The summed E-state index contributed by atoms with van der Waals surface area (Å²) in [4.78, 5) is 24.4. The maximum absolute atomic E-state index is 12.2. The van der Waals surface area contributed by atoms with E-state index in [4.69, 9.17) is 0 Å². The molecule has 3 rings (SSSR count). The lowest BCUT2D eigenvalue weighted by molar-refractivity contribution is -0.121. The maximum atomic E-state index is 12.2. The SMILES string of the molecule is CSc1sc(SC)c(C=NNC(=O)Cc2ccccc2)c1C=NNC(=O)Cc1ccccc1. The second-order valence-electron chi connectivity index (χ2n) is 6.82. The lowest BCUT2D eigenvalue weighted by atomic mass is 10.1. The summed E-state index contributed by atoms with van der Waals surface area (Å²) in [5, 5.41) is 8.33. The van der Waals surface area contributed by atoms with E-state index < -0.39 is 0 Å². The van der Waals surface area contributed by atoms with Crippen LogP contribution in [0, 0.1) is 0 Å². The summed E-state index contributed by atoms with van der Waals surface area (Å²) in [6, 6.07) is 19.0. The number of thiophene rings is 1. The first-order valence-electron chi connectivity index (χ1n) is 10.1. The zero-order valence-electron chi connectivity index (χ0n) is 18.3. The van der Waals surface area contributed by atoms with Crippen LogP contribution in [0.25, 0.3) is 0 Å². The molecule has 1 heterocycles. The maximum Gasteiger partial charge on any atom is 0.244 e. The third kappa shape index (κ3) is 7.59. The van der Waals surface area contributed by atoms with Crippen molar-refractivity contribution in [3.05, 3.63) is 82.9 Å². The van der Waals surface area contributed by atoms with Crippen LogP contribution in [-0.4, -0.2) is 36.8 Å². The van der Waals surface area contributed by atoms with Crippen LogP contribution in [0.2, 0.25) is 0 Å². The molecule has 3 aromatic rings. The monoisotopic (exact) mass is 496 g/mol. The van der Waals surface area contributed by atoms with Crippen molar-refractivity contribution in [2.75, 3.05) is 12.5 Å². The van der Waals surface area contributed by atoms with Gasteiger partial charge < -0.3 is 0 Å². The van der Waals surface area contributed by atoms with Crippen molar-refractivity contribution in [1.82, 2.24) is 10.9 Å². The van der Waals surface area contributed by atoms with Crippen LogP contribution in [0.3, 0.4) is 0 Å². The summed E-state index contributed by atoms with van der Waals surface area (Å²) in [6.07, 6.45) is 7.77. The van der Waals surface area contributed by atoms with Crippen LogP contribution in [-0.2, 0) is 22.4 Å². The predicted octanol–water partition coefficient (Wildman–Crippen LogP) is 4.58. The normalized spacial score (nSPS) is 11.2. The predicted molar refractivity (Wildman–Crippen MR) is 140 cm³/mol. The van der Waals surface area contributed by atoms with Gasteiger partial charge in [-0.3, -0.25) is 9.59 Å². The summed E-state index contributed by atoms with van der Waals surface area (Å²) in [5.41, 5.74) is 8.75. The molecule has 0 spiro atoms. The fourth-order valence-corrected chi connectivity index (χ4v) is 5.74. The van der Waals surface area contributed by atoms with Gasteiger partial charge in [-0.15, -0.1) is 34.9 Å². The number of hydrazone groups is 2. The molecule has 170 valence electrons. The van der Waals surface area contributed by atoms with Gasteiger partial charge in [0.25, 0.3) is 0 Å². The Hall–Kier alpha value is -2.88. The van der Waals surface area contributed by atoms with Gasteiger partial charge in [0.2, 0.25) is 11.8 Å². The highest BCUT2D eigenvalue weighted by Gasteiger charge is 2.15. The minimum Gasteiger partial charge on any atom is -0.273 e. The van der Waals surface area contributed by atoms with Gasteiger partial charge in [-0.2, -0.15) is 10.2 Å². The molecule has 0 saturated heterocycles. The molecule has 2 N–H and O–H groups in total. The molecule has 0 aliphatic heterocycles. The number of benzene rings is 2. The van der Waals surface area contributed by atoms with Gasteiger partial charge in [-0.05, 0) is 23.6 Å². The third-order valence-electron chi connectivity index (χ3n) is 4.47. The lowest BCUT2D eigenvalue weighted by Crippen LogP contribution is -2.20. The van der Waals surface area contributed by atoms with E-state index in [1.54, 1.807) is 47.3 Å². The highest BCUT2D eigenvalue weighted by molar-refractivity contribution is 8.02. The van der Waals surface area contributed by atoms with Crippen LogP contribution in [0.15, 0.2) is 79.3 Å². The number of nitrogens with one attached hydrogen (secondary N) is 2. The minimum atomic E-state index is -0.188. The summed E-state index contributed by atoms with van der Waals surface area (Å²) >= 11 is 4.83. The molecule has 0 atom stereocenters. The number of amides is 2. The van der Waals surface area contributed by atoms with Crippen LogP contribution in [0.4, 0.5) is 0 Å². The van der Waals surface area contributed by atoms with Gasteiger partial charge >= 0.3 is 0 Å². The van der Waals surface area contributed by atoms with Gasteiger partial charge in [0, 0.05) is 11.1 Å². The van der Waals surface area contributed by atoms with Gasteiger partial charge in [0.1, 0.15) is 0 Å². The first-order chi connectivity index (χ1) is 16.1. The van der Waals surface area contributed by atoms with Crippen molar-refractivity contribution in [1.29, 1.82) is 0 Å². The molecule has 2 aromatic carbocycles. The summed E-state index contributed by atoms with van der Waals surface area (Å²) in [6.45, 7) is 0. The Morgan fingerprint density at radius 3 is 1.52 bits per heavy atom. The molecule has 0 radical (unpaired) electrons. The Balaban J connectivity index is 1.67. The number of nitrogens with zero attached hydrogens (tertiary/aromatic N) is 2. The molecule has 2 amide bonds. The summed E-state index contributed by atoms with van der Waals surface area (Å²) in [7, 11) is 0. The number of carbonyl (C=O) groups is 2. The molecular formula is C24H24N4O2S3. The van der Waals surface area contributed by atoms with E-state index >= 15 is 0 Å². The quantitative estimate of drug-likeness (QED) is 0.245. The smallest absolute Gasteiger partial charge is 0.244 e. The zero-order valence-corrected chi connectivity index (χ0v) is 20.7. The molecule has 1 aromatic heterocycles. The molecule has 9 heteroatoms. The Labute approximate surface area is 206 Å². The number of hydrogen-bond donors (Lipinski definition) is 2. The number of carbonyl (C=O) groups excluding carboxylic acids is 2. The highest BCUT2D eigenvalue weighted by Crippen LogP contribution is 2.38. The molecule has 33 heavy (non-hydrogen) atoms. The van der Waals surface area contributed by atoms with Crippen molar-refractivity contribution in [2.24, 2.45) is 10.2 Å². The third-order valence-corrected chi connectivity index (χ3v) is 7.96. The number of rotatable bonds is 10. The second-order valence-corrected chi connectivity index (χ2v) is 9.99. The average Bonchev–Trinajstić information content (AvgIpc) is 3.17. The average molecular weight is 497 g/mol. The van der Waals surface area contributed by atoms with E-state index in [2.05, 4.69) is 21.1 Å². The van der Waals surface area contributed by atoms with E-state index in [9.17, 15) is 9.59 Å². The van der Waals surface area contributed by atoms with E-state index in [1.165, 1.54) is 0 Å². The molecular weight excluding hydrogens is 472 g/mol. The summed E-state index contributed by atoms with van der Waals surface area (Å²) in [5.74, 6) is -0.376. The van der Waals surface area contributed by atoms with Crippen LogP contribution in [0.1, 0.15) is 22.3 Å². The lowest BCUT2D eigenvalue weighted by Gasteiger charge is -2.02. The largest absolute Gasteiger partial charge is 0.273 e. The van der Waals surface area contributed by atoms with Crippen LogP contribution < -0.4 is 10.9 Å². The van der Waals surface area contributed by atoms with E-state index in [1.807, 2.05) is 73.2 Å². The Morgan fingerprint density at radius 1 is 0.758 bits per heavy atom. The second kappa shape index (κ2) is 13.0. The van der Waals surface area contributed by atoms with Crippen LogP contribution in [0.5, 0.6) is 0 Å². The van der Waals surface area contributed by atoms with Gasteiger partial charge in [-0.25, -0.2) is 10.9 Å². The number of thioether (sulfide) groups is 2. The Morgan fingerprint density at radius 2 is 1.15 bits per heavy atom. The highest BCUT2D eigenvalue weighted by atomic mass is 32.2. The topological polar surface area (TPSA) is 82.9 Å². The fraction of sp³-hybridized carbons (Fsp3) is 0.167. The van der Waals surface area contributed by atoms with Gasteiger partial charge in [-0.1, -0.05) is 60.7 Å². The first kappa shape index (κ1) is 24.8.